The third kappa shape index (κ3) is 2.96. The Labute approximate surface area is 110 Å². The monoisotopic (exact) mass is 264 g/mol. The van der Waals surface area contributed by atoms with Gasteiger partial charge in [0, 0.05) is 26.1 Å². The number of carbonyl (C=O) groups is 2. The molecule has 0 aliphatic carbocycles. The fourth-order valence-electron chi connectivity index (χ4n) is 2.10. The maximum Gasteiger partial charge on any atom is 0.255 e. The fraction of sp³-hybridized carbons (Fsp3) is 0.385. The Kier molecular flexibility index (Phi) is 3.59. The van der Waals surface area contributed by atoms with Crippen LogP contribution in [-0.4, -0.2) is 46.6 Å². The number of likely N-dealkylation sites (tertiary alicyclic amines) is 1. The zero-order chi connectivity index (χ0) is 14.0. The molecule has 1 unspecified atom stereocenters. The minimum absolute atomic E-state index is 0.0274. The summed E-state index contributed by atoms with van der Waals surface area (Å²) in [7, 11) is 1.69. The van der Waals surface area contributed by atoms with E-state index in [-0.39, 0.29) is 29.0 Å². The normalized spacial score (nSPS) is 19.3. The second-order valence-corrected chi connectivity index (χ2v) is 4.68. The number of likely N-dealkylation sites (N-methyl/N-ethyl adjacent to an activating group) is 1. The van der Waals surface area contributed by atoms with Crippen molar-refractivity contribution in [2.45, 2.75) is 18.9 Å². The first-order chi connectivity index (χ1) is 8.97. The van der Waals surface area contributed by atoms with E-state index in [1.807, 2.05) is 0 Å². The summed E-state index contributed by atoms with van der Waals surface area (Å²) in [6.07, 6.45) is 0.974. The van der Waals surface area contributed by atoms with Crippen LogP contribution in [0.4, 0.5) is 0 Å². The summed E-state index contributed by atoms with van der Waals surface area (Å²) >= 11 is 0. The lowest BCUT2D eigenvalue weighted by molar-refractivity contribution is -0.132. The zero-order valence-corrected chi connectivity index (χ0v) is 10.6. The van der Waals surface area contributed by atoms with Gasteiger partial charge in [-0.15, -0.1) is 0 Å². The number of aromatic hydroxyl groups is 2. The molecule has 6 nitrogen and oxygen atoms in total. The van der Waals surface area contributed by atoms with Gasteiger partial charge in [-0.3, -0.25) is 9.59 Å². The van der Waals surface area contributed by atoms with Gasteiger partial charge in [-0.05, 0) is 24.6 Å². The van der Waals surface area contributed by atoms with Crippen LogP contribution >= 0.6 is 0 Å². The molecule has 1 saturated heterocycles. The van der Waals surface area contributed by atoms with Crippen LogP contribution in [0.2, 0.25) is 0 Å². The minimum Gasteiger partial charge on any atom is -0.508 e. The van der Waals surface area contributed by atoms with E-state index in [0.717, 1.165) is 0 Å². The standard InChI is InChI=1S/C13H16N2O4/c1-15-7-8(2-5-12(15)18)14-13(19)10-6-9(16)3-4-11(10)17/h3-4,6,8,16-17H,2,5,7H2,1H3,(H,14,19). The first kappa shape index (κ1) is 13.2. The lowest BCUT2D eigenvalue weighted by Gasteiger charge is -2.30. The second-order valence-electron chi connectivity index (χ2n) is 4.68. The van der Waals surface area contributed by atoms with E-state index in [0.29, 0.717) is 19.4 Å². The summed E-state index contributed by atoms with van der Waals surface area (Å²) in [5.41, 5.74) is 0.0274. The number of piperidine rings is 1. The fourth-order valence-corrected chi connectivity index (χ4v) is 2.10. The average Bonchev–Trinajstić information content (AvgIpc) is 2.36. The number of hydrogen-bond donors (Lipinski definition) is 3. The van der Waals surface area contributed by atoms with Crippen molar-refractivity contribution in [3.8, 4) is 11.5 Å². The number of carbonyl (C=O) groups excluding carboxylic acids is 2. The molecule has 1 aliphatic rings. The van der Waals surface area contributed by atoms with Crippen LogP contribution in [-0.2, 0) is 4.79 Å². The predicted molar refractivity (Wildman–Crippen MR) is 67.9 cm³/mol. The van der Waals surface area contributed by atoms with Crippen LogP contribution in [0.15, 0.2) is 18.2 Å². The third-order valence-corrected chi connectivity index (χ3v) is 3.19. The van der Waals surface area contributed by atoms with Gasteiger partial charge in [-0.1, -0.05) is 0 Å². The highest BCUT2D eigenvalue weighted by Crippen LogP contribution is 2.22. The number of amides is 2. The van der Waals surface area contributed by atoms with Gasteiger partial charge in [0.25, 0.3) is 5.91 Å². The lowest BCUT2D eigenvalue weighted by atomic mass is 10.0. The van der Waals surface area contributed by atoms with Gasteiger partial charge in [0.05, 0.1) is 5.56 Å². The van der Waals surface area contributed by atoms with E-state index in [9.17, 15) is 19.8 Å². The molecule has 3 N–H and O–H groups in total. The van der Waals surface area contributed by atoms with E-state index in [1.165, 1.54) is 18.2 Å². The van der Waals surface area contributed by atoms with Gasteiger partial charge in [0.15, 0.2) is 0 Å². The molecule has 0 bridgehead atoms. The molecule has 0 radical (unpaired) electrons. The Hall–Kier alpha value is -2.24. The van der Waals surface area contributed by atoms with Crippen molar-refractivity contribution in [1.82, 2.24) is 10.2 Å². The lowest BCUT2D eigenvalue weighted by Crippen LogP contribution is -2.48. The number of phenols is 2. The molecule has 1 fully saturated rings. The van der Waals surface area contributed by atoms with E-state index in [2.05, 4.69) is 5.32 Å². The number of hydrogen-bond acceptors (Lipinski definition) is 4. The molecule has 19 heavy (non-hydrogen) atoms. The van der Waals surface area contributed by atoms with Gasteiger partial charge >= 0.3 is 0 Å². The van der Waals surface area contributed by atoms with Crippen LogP contribution in [0.25, 0.3) is 0 Å². The second kappa shape index (κ2) is 5.17. The summed E-state index contributed by atoms with van der Waals surface area (Å²) < 4.78 is 0. The molecule has 0 spiro atoms. The molecule has 1 aromatic carbocycles. The Balaban J connectivity index is 2.05. The van der Waals surface area contributed by atoms with E-state index >= 15 is 0 Å². The van der Waals surface area contributed by atoms with Gasteiger partial charge in [-0.2, -0.15) is 0 Å². The molecule has 0 aromatic heterocycles. The molecular formula is C13H16N2O4. The molecule has 1 atom stereocenters. The quantitative estimate of drug-likeness (QED) is 0.676. The molecule has 1 aromatic rings. The average molecular weight is 264 g/mol. The number of phenolic OH excluding ortho intramolecular Hbond substituents is 2. The first-order valence-corrected chi connectivity index (χ1v) is 6.04. The number of rotatable bonds is 2. The van der Waals surface area contributed by atoms with Crippen LogP contribution in [0.1, 0.15) is 23.2 Å². The highest BCUT2D eigenvalue weighted by Gasteiger charge is 2.25. The first-order valence-electron chi connectivity index (χ1n) is 6.04. The van der Waals surface area contributed by atoms with Crippen molar-refractivity contribution < 1.29 is 19.8 Å². The van der Waals surface area contributed by atoms with Gasteiger partial charge in [0.2, 0.25) is 5.91 Å². The summed E-state index contributed by atoms with van der Waals surface area (Å²) in [5, 5.41) is 21.7. The van der Waals surface area contributed by atoms with Crippen LogP contribution in [0.5, 0.6) is 11.5 Å². The Morgan fingerprint density at radius 2 is 2.16 bits per heavy atom. The smallest absolute Gasteiger partial charge is 0.255 e. The molecule has 0 saturated carbocycles. The van der Waals surface area contributed by atoms with Gasteiger partial charge < -0.3 is 20.4 Å². The van der Waals surface area contributed by atoms with E-state index in [1.54, 1.807) is 11.9 Å². The molecule has 102 valence electrons. The SMILES string of the molecule is CN1CC(NC(=O)c2cc(O)ccc2O)CCC1=O. The summed E-state index contributed by atoms with van der Waals surface area (Å²) in [4.78, 5) is 24.9. The van der Waals surface area contributed by atoms with Crippen LogP contribution < -0.4 is 5.32 Å². The molecule has 1 heterocycles. The van der Waals surface area contributed by atoms with Crippen molar-refractivity contribution in [2.24, 2.45) is 0 Å². The maximum absolute atomic E-state index is 12.0. The maximum atomic E-state index is 12.0. The minimum atomic E-state index is -0.457. The largest absolute Gasteiger partial charge is 0.508 e. The number of nitrogens with one attached hydrogen (secondary N) is 1. The van der Waals surface area contributed by atoms with Gasteiger partial charge in [0.1, 0.15) is 11.5 Å². The summed E-state index contributed by atoms with van der Waals surface area (Å²) in [6, 6.07) is 3.64. The molecule has 2 amide bonds. The molecular weight excluding hydrogens is 248 g/mol. The van der Waals surface area contributed by atoms with Crippen LogP contribution in [0.3, 0.4) is 0 Å². The van der Waals surface area contributed by atoms with E-state index in [4.69, 9.17) is 0 Å². The summed E-state index contributed by atoms with van der Waals surface area (Å²) in [6.45, 7) is 0.449. The highest BCUT2D eigenvalue weighted by molar-refractivity contribution is 5.97. The number of nitrogens with zero attached hydrogens (tertiary/aromatic N) is 1. The molecule has 1 aliphatic heterocycles. The van der Waals surface area contributed by atoms with Crippen molar-refractivity contribution in [1.29, 1.82) is 0 Å². The van der Waals surface area contributed by atoms with Crippen molar-refractivity contribution in [3.05, 3.63) is 23.8 Å². The predicted octanol–water partition coefficient (Wildman–Crippen LogP) is 0.448. The Morgan fingerprint density at radius 3 is 2.84 bits per heavy atom. The zero-order valence-electron chi connectivity index (χ0n) is 10.6. The van der Waals surface area contributed by atoms with Crippen molar-refractivity contribution >= 4 is 11.8 Å². The summed E-state index contributed by atoms with van der Waals surface area (Å²) in [5.74, 6) is -0.665. The topological polar surface area (TPSA) is 89.9 Å². The van der Waals surface area contributed by atoms with Crippen LogP contribution in [0, 0.1) is 0 Å². The third-order valence-electron chi connectivity index (χ3n) is 3.19. The molecule has 6 heteroatoms. The van der Waals surface area contributed by atoms with E-state index < -0.39 is 5.91 Å². The highest BCUT2D eigenvalue weighted by atomic mass is 16.3. The van der Waals surface area contributed by atoms with Crippen molar-refractivity contribution in [2.75, 3.05) is 13.6 Å². The van der Waals surface area contributed by atoms with Crippen molar-refractivity contribution in [3.63, 3.8) is 0 Å². The number of benzene rings is 1. The Bertz CT molecular complexity index is 515. The van der Waals surface area contributed by atoms with Gasteiger partial charge in [-0.25, -0.2) is 0 Å². The Morgan fingerprint density at radius 1 is 1.42 bits per heavy atom. The molecule has 2 rings (SSSR count).